The standard InChI is InChI=1S/C9H18N2OS/c1-7(9(10)11-12)13-6-8-4-2-3-5-8/h7-8,12H,2-6H2,1H3,(H2,10,11). The summed E-state index contributed by atoms with van der Waals surface area (Å²) in [5.41, 5.74) is 5.48. The molecule has 1 atom stereocenters. The van der Waals surface area contributed by atoms with E-state index in [1.807, 2.05) is 6.92 Å². The average Bonchev–Trinajstić information content (AvgIpc) is 2.65. The maximum Gasteiger partial charge on any atom is 0.151 e. The Hall–Kier alpha value is -0.380. The third kappa shape index (κ3) is 3.46. The third-order valence-electron chi connectivity index (χ3n) is 2.59. The first-order chi connectivity index (χ1) is 6.24. The fraction of sp³-hybridized carbons (Fsp3) is 0.889. The predicted molar refractivity (Wildman–Crippen MR) is 57.3 cm³/mol. The van der Waals surface area contributed by atoms with Crippen molar-refractivity contribution in [2.75, 3.05) is 5.75 Å². The molecule has 1 aliphatic rings. The maximum absolute atomic E-state index is 8.45. The van der Waals surface area contributed by atoms with Gasteiger partial charge in [0.15, 0.2) is 5.84 Å². The smallest absolute Gasteiger partial charge is 0.151 e. The van der Waals surface area contributed by atoms with E-state index in [9.17, 15) is 0 Å². The highest BCUT2D eigenvalue weighted by atomic mass is 32.2. The molecule has 3 N–H and O–H groups in total. The van der Waals surface area contributed by atoms with Gasteiger partial charge in [0.05, 0.1) is 5.25 Å². The first kappa shape index (κ1) is 10.7. The quantitative estimate of drug-likeness (QED) is 0.317. The number of hydrogen-bond donors (Lipinski definition) is 2. The van der Waals surface area contributed by atoms with Crippen molar-refractivity contribution in [3.63, 3.8) is 0 Å². The molecule has 1 unspecified atom stereocenters. The zero-order valence-corrected chi connectivity index (χ0v) is 8.89. The van der Waals surface area contributed by atoms with Gasteiger partial charge in [-0.2, -0.15) is 11.8 Å². The molecule has 1 rings (SSSR count). The summed E-state index contributed by atoms with van der Waals surface area (Å²) in [6.07, 6.45) is 5.47. The number of amidine groups is 1. The SMILES string of the molecule is CC(SCC1CCCC1)C(N)=NO. The maximum atomic E-state index is 8.45. The lowest BCUT2D eigenvalue weighted by Gasteiger charge is -2.12. The molecule has 0 aromatic rings. The van der Waals surface area contributed by atoms with Gasteiger partial charge < -0.3 is 10.9 Å². The Kier molecular flexibility index (Phi) is 4.42. The minimum Gasteiger partial charge on any atom is -0.409 e. The summed E-state index contributed by atoms with van der Waals surface area (Å²) in [6.45, 7) is 1.98. The molecule has 0 bridgehead atoms. The van der Waals surface area contributed by atoms with Crippen LogP contribution in [0.4, 0.5) is 0 Å². The van der Waals surface area contributed by atoms with Crippen LogP contribution in [0.3, 0.4) is 0 Å². The molecule has 1 saturated carbocycles. The Morgan fingerprint density at radius 1 is 1.62 bits per heavy atom. The van der Waals surface area contributed by atoms with E-state index in [4.69, 9.17) is 10.9 Å². The van der Waals surface area contributed by atoms with E-state index in [1.54, 1.807) is 11.8 Å². The van der Waals surface area contributed by atoms with Crippen LogP contribution in [0.1, 0.15) is 32.6 Å². The molecule has 0 aliphatic heterocycles. The molecule has 0 heterocycles. The van der Waals surface area contributed by atoms with Crippen molar-refractivity contribution in [3.05, 3.63) is 0 Å². The minimum absolute atomic E-state index is 0.144. The molecule has 0 spiro atoms. The van der Waals surface area contributed by atoms with Gasteiger partial charge >= 0.3 is 0 Å². The second-order valence-electron chi connectivity index (χ2n) is 3.65. The van der Waals surface area contributed by atoms with Gasteiger partial charge in [-0.15, -0.1) is 0 Å². The van der Waals surface area contributed by atoms with Gasteiger partial charge in [-0.1, -0.05) is 18.0 Å². The normalized spacial score (nSPS) is 22.1. The fourth-order valence-electron chi connectivity index (χ4n) is 1.62. The number of hydrogen-bond acceptors (Lipinski definition) is 3. The van der Waals surface area contributed by atoms with Crippen LogP contribution >= 0.6 is 11.8 Å². The van der Waals surface area contributed by atoms with E-state index >= 15 is 0 Å². The Morgan fingerprint density at radius 3 is 2.77 bits per heavy atom. The molecule has 0 aromatic heterocycles. The molecule has 3 nitrogen and oxygen atoms in total. The van der Waals surface area contributed by atoms with Crippen LogP contribution in [0.2, 0.25) is 0 Å². The van der Waals surface area contributed by atoms with Crippen molar-refractivity contribution >= 4 is 17.6 Å². The average molecular weight is 202 g/mol. The van der Waals surface area contributed by atoms with E-state index in [2.05, 4.69) is 5.16 Å². The van der Waals surface area contributed by atoms with Gasteiger partial charge in [-0.3, -0.25) is 0 Å². The molecule has 13 heavy (non-hydrogen) atoms. The van der Waals surface area contributed by atoms with Crippen molar-refractivity contribution in [1.82, 2.24) is 0 Å². The Labute approximate surface area is 83.8 Å². The van der Waals surface area contributed by atoms with Crippen LogP contribution in [0, 0.1) is 5.92 Å². The zero-order valence-electron chi connectivity index (χ0n) is 8.07. The fourth-order valence-corrected chi connectivity index (χ4v) is 2.74. The first-order valence-corrected chi connectivity index (χ1v) is 5.88. The summed E-state index contributed by atoms with van der Waals surface area (Å²) in [4.78, 5) is 0. The molecule has 1 fully saturated rings. The summed E-state index contributed by atoms with van der Waals surface area (Å²) < 4.78 is 0. The number of rotatable bonds is 4. The summed E-state index contributed by atoms with van der Waals surface area (Å²) in [6, 6.07) is 0. The second-order valence-corrected chi connectivity index (χ2v) is 5.02. The van der Waals surface area contributed by atoms with Gasteiger partial charge in [0, 0.05) is 0 Å². The third-order valence-corrected chi connectivity index (χ3v) is 3.99. The Morgan fingerprint density at radius 2 is 2.23 bits per heavy atom. The van der Waals surface area contributed by atoms with Crippen LogP contribution in [0.5, 0.6) is 0 Å². The molecule has 0 radical (unpaired) electrons. The van der Waals surface area contributed by atoms with Crippen LogP contribution in [0.15, 0.2) is 5.16 Å². The molecular weight excluding hydrogens is 184 g/mol. The molecule has 0 aromatic carbocycles. The van der Waals surface area contributed by atoms with Crippen molar-refractivity contribution < 1.29 is 5.21 Å². The van der Waals surface area contributed by atoms with Gasteiger partial charge in [-0.25, -0.2) is 0 Å². The van der Waals surface area contributed by atoms with Crippen LogP contribution < -0.4 is 5.73 Å². The molecule has 0 saturated heterocycles. The van der Waals surface area contributed by atoms with E-state index in [0.717, 1.165) is 11.7 Å². The van der Waals surface area contributed by atoms with Crippen molar-refractivity contribution in [2.45, 2.75) is 37.9 Å². The lowest BCUT2D eigenvalue weighted by molar-refractivity contribution is 0.317. The predicted octanol–water partition coefficient (Wildman–Crippen LogP) is 2.04. The largest absolute Gasteiger partial charge is 0.409 e. The summed E-state index contributed by atoms with van der Waals surface area (Å²) in [5.74, 6) is 2.35. The van der Waals surface area contributed by atoms with Crippen LogP contribution in [0.25, 0.3) is 0 Å². The molecular formula is C9H18N2OS. The van der Waals surface area contributed by atoms with Gasteiger partial charge in [0.2, 0.25) is 0 Å². The molecule has 4 heteroatoms. The summed E-state index contributed by atoms with van der Waals surface area (Å²) >= 11 is 1.79. The summed E-state index contributed by atoms with van der Waals surface area (Å²) in [5, 5.41) is 11.6. The zero-order chi connectivity index (χ0) is 9.68. The van der Waals surface area contributed by atoms with Crippen molar-refractivity contribution in [2.24, 2.45) is 16.8 Å². The van der Waals surface area contributed by atoms with Crippen molar-refractivity contribution in [3.8, 4) is 0 Å². The number of oxime groups is 1. The highest BCUT2D eigenvalue weighted by molar-refractivity contribution is 8.00. The molecule has 1 aliphatic carbocycles. The van der Waals surface area contributed by atoms with Crippen LogP contribution in [-0.2, 0) is 0 Å². The lowest BCUT2D eigenvalue weighted by Crippen LogP contribution is -2.24. The molecule has 0 amide bonds. The first-order valence-electron chi connectivity index (χ1n) is 4.83. The summed E-state index contributed by atoms with van der Waals surface area (Å²) in [7, 11) is 0. The Bertz CT molecular complexity index is 178. The number of nitrogens with zero attached hydrogens (tertiary/aromatic N) is 1. The Balaban J connectivity index is 2.17. The van der Waals surface area contributed by atoms with E-state index in [1.165, 1.54) is 25.7 Å². The van der Waals surface area contributed by atoms with E-state index in [-0.39, 0.29) is 5.25 Å². The van der Waals surface area contributed by atoms with E-state index in [0.29, 0.717) is 5.84 Å². The van der Waals surface area contributed by atoms with Gasteiger partial charge in [-0.05, 0) is 31.4 Å². The van der Waals surface area contributed by atoms with Crippen LogP contribution in [-0.4, -0.2) is 22.0 Å². The highest BCUT2D eigenvalue weighted by Gasteiger charge is 2.17. The van der Waals surface area contributed by atoms with Gasteiger partial charge in [0.1, 0.15) is 0 Å². The lowest BCUT2D eigenvalue weighted by atomic mass is 10.1. The topological polar surface area (TPSA) is 58.6 Å². The van der Waals surface area contributed by atoms with Gasteiger partial charge in [0.25, 0.3) is 0 Å². The van der Waals surface area contributed by atoms with E-state index < -0.39 is 0 Å². The number of thioether (sulfide) groups is 1. The second kappa shape index (κ2) is 5.37. The van der Waals surface area contributed by atoms with Crippen molar-refractivity contribution in [1.29, 1.82) is 0 Å². The molecule has 76 valence electrons. The highest BCUT2D eigenvalue weighted by Crippen LogP contribution is 2.29. The number of nitrogens with two attached hydrogens (primary N) is 1. The monoisotopic (exact) mass is 202 g/mol. The minimum atomic E-state index is 0.144.